The summed E-state index contributed by atoms with van der Waals surface area (Å²) in [6, 6.07) is 6.01. The highest BCUT2D eigenvalue weighted by atomic mass is 79.9. The summed E-state index contributed by atoms with van der Waals surface area (Å²) in [5.41, 5.74) is 1.13. The Balaban J connectivity index is 2.00. The molecule has 1 aromatic carbocycles. The minimum atomic E-state index is 0.166. The molecule has 0 fully saturated rings. The van der Waals surface area contributed by atoms with Crippen molar-refractivity contribution in [3.63, 3.8) is 0 Å². The molecule has 18 heavy (non-hydrogen) atoms. The van der Waals surface area contributed by atoms with Gasteiger partial charge in [-0.05, 0) is 47.5 Å². The number of ether oxygens (including phenoxy) is 1. The van der Waals surface area contributed by atoms with Crippen LogP contribution in [0.25, 0.3) is 0 Å². The first-order valence-electron chi connectivity index (χ1n) is 5.69. The van der Waals surface area contributed by atoms with Gasteiger partial charge in [0.05, 0.1) is 10.6 Å². The number of anilines is 1. The van der Waals surface area contributed by atoms with Gasteiger partial charge in [-0.25, -0.2) is 10.1 Å². The van der Waals surface area contributed by atoms with Crippen molar-refractivity contribution in [1.82, 2.24) is 15.2 Å². The monoisotopic (exact) mass is 310 g/mol. The van der Waals surface area contributed by atoms with Crippen molar-refractivity contribution < 1.29 is 4.74 Å². The van der Waals surface area contributed by atoms with Crippen molar-refractivity contribution in [1.29, 1.82) is 0 Å². The van der Waals surface area contributed by atoms with Gasteiger partial charge in [-0.3, -0.25) is 0 Å². The maximum absolute atomic E-state index is 5.65. The van der Waals surface area contributed by atoms with Crippen molar-refractivity contribution >= 4 is 21.9 Å². The molecule has 2 aromatic rings. The van der Waals surface area contributed by atoms with Crippen LogP contribution >= 0.6 is 15.9 Å². The van der Waals surface area contributed by atoms with Crippen molar-refractivity contribution in [2.75, 3.05) is 5.32 Å². The van der Waals surface area contributed by atoms with E-state index in [4.69, 9.17) is 4.74 Å². The quantitative estimate of drug-likeness (QED) is 0.891. The Morgan fingerprint density at radius 2 is 2.28 bits per heavy atom. The van der Waals surface area contributed by atoms with Gasteiger partial charge in [0.25, 0.3) is 0 Å². The van der Waals surface area contributed by atoms with Crippen molar-refractivity contribution in [2.45, 2.75) is 26.5 Å². The van der Waals surface area contributed by atoms with E-state index < -0.39 is 0 Å². The predicted octanol–water partition coefficient (Wildman–Crippen LogP) is 2.97. The summed E-state index contributed by atoms with van der Waals surface area (Å²) in [7, 11) is 0. The number of nitrogens with one attached hydrogen (secondary N) is 2. The van der Waals surface area contributed by atoms with Crippen LogP contribution in [0.1, 0.15) is 19.4 Å². The summed E-state index contributed by atoms with van der Waals surface area (Å²) in [4.78, 5) is 4.00. The summed E-state index contributed by atoms with van der Waals surface area (Å²) < 4.78 is 6.61. The van der Waals surface area contributed by atoms with Gasteiger partial charge in [-0.15, -0.1) is 0 Å². The number of halogens is 1. The molecule has 0 aliphatic rings. The minimum Gasteiger partial charge on any atom is -0.490 e. The summed E-state index contributed by atoms with van der Waals surface area (Å²) in [5.74, 6) is 1.52. The SMILES string of the molecule is CC(C)Oc1ccc(CNc2ncn[nH]2)cc1Br. The van der Waals surface area contributed by atoms with Gasteiger partial charge < -0.3 is 10.1 Å². The number of hydrogen-bond acceptors (Lipinski definition) is 4. The minimum absolute atomic E-state index is 0.166. The van der Waals surface area contributed by atoms with Crippen LogP contribution < -0.4 is 10.1 Å². The van der Waals surface area contributed by atoms with E-state index in [1.807, 2.05) is 32.0 Å². The largest absolute Gasteiger partial charge is 0.490 e. The fourth-order valence-electron chi connectivity index (χ4n) is 1.48. The molecule has 0 saturated carbocycles. The van der Waals surface area contributed by atoms with Gasteiger partial charge >= 0.3 is 0 Å². The topological polar surface area (TPSA) is 62.8 Å². The highest BCUT2D eigenvalue weighted by Gasteiger charge is 2.05. The third-order valence-corrected chi connectivity index (χ3v) is 2.85. The van der Waals surface area contributed by atoms with Crippen LogP contribution in [-0.2, 0) is 6.54 Å². The highest BCUT2D eigenvalue weighted by molar-refractivity contribution is 9.10. The molecule has 2 N–H and O–H groups in total. The van der Waals surface area contributed by atoms with E-state index in [-0.39, 0.29) is 6.10 Å². The van der Waals surface area contributed by atoms with Crippen LogP contribution in [-0.4, -0.2) is 21.3 Å². The van der Waals surface area contributed by atoms with Crippen LogP contribution in [0.5, 0.6) is 5.75 Å². The fourth-order valence-corrected chi connectivity index (χ4v) is 2.00. The van der Waals surface area contributed by atoms with E-state index in [0.717, 1.165) is 15.8 Å². The average Bonchev–Trinajstić information content (AvgIpc) is 2.82. The van der Waals surface area contributed by atoms with E-state index in [1.165, 1.54) is 6.33 Å². The van der Waals surface area contributed by atoms with Gasteiger partial charge in [-0.2, -0.15) is 5.10 Å². The maximum Gasteiger partial charge on any atom is 0.218 e. The first-order valence-corrected chi connectivity index (χ1v) is 6.49. The number of hydrogen-bond donors (Lipinski definition) is 2. The molecular weight excluding hydrogens is 296 g/mol. The molecule has 0 spiro atoms. The van der Waals surface area contributed by atoms with Crippen LogP contribution in [0.4, 0.5) is 5.95 Å². The molecule has 5 nitrogen and oxygen atoms in total. The van der Waals surface area contributed by atoms with Gasteiger partial charge in [0.15, 0.2) is 0 Å². The van der Waals surface area contributed by atoms with E-state index in [1.54, 1.807) is 0 Å². The first kappa shape index (κ1) is 12.9. The zero-order valence-electron chi connectivity index (χ0n) is 10.3. The third-order valence-electron chi connectivity index (χ3n) is 2.23. The molecule has 0 amide bonds. The Hall–Kier alpha value is -1.56. The van der Waals surface area contributed by atoms with Crippen LogP contribution in [0.2, 0.25) is 0 Å². The summed E-state index contributed by atoms with van der Waals surface area (Å²) in [5, 5.41) is 9.66. The molecule has 2 rings (SSSR count). The van der Waals surface area contributed by atoms with E-state index in [0.29, 0.717) is 12.5 Å². The molecule has 0 aliphatic heterocycles. The van der Waals surface area contributed by atoms with E-state index >= 15 is 0 Å². The Morgan fingerprint density at radius 1 is 1.44 bits per heavy atom. The summed E-state index contributed by atoms with van der Waals surface area (Å²) in [6.45, 7) is 4.69. The van der Waals surface area contributed by atoms with Crippen LogP contribution in [0.15, 0.2) is 29.0 Å². The zero-order chi connectivity index (χ0) is 13.0. The van der Waals surface area contributed by atoms with Crippen molar-refractivity contribution in [2.24, 2.45) is 0 Å². The lowest BCUT2D eigenvalue weighted by atomic mass is 10.2. The van der Waals surface area contributed by atoms with Crippen molar-refractivity contribution in [3.8, 4) is 5.75 Å². The predicted molar refractivity (Wildman–Crippen MR) is 73.6 cm³/mol. The molecule has 96 valence electrons. The molecule has 0 saturated heterocycles. The third kappa shape index (κ3) is 3.46. The molecule has 0 unspecified atom stereocenters. The zero-order valence-corrected chi connectivity index (χ0v) is 11.9. The smallest absolute Gasteiger partial charge is 0.218 e. The van der Waals surface area contributed by atoms with Gasteiger partial charge in [0.2, 0.25) is 5.95 Å². The van der Waals surface area contributed by atoms with Crippen LogP contribution in [0.3, 0.4) is 0 Å². The molecule has 1 aromatic heterocycles. The maximum atomic E-state index is 5.65. The normalized spacial score (nSPS) is 10.7. The summed E-state index contributed by atoms with van der Waals surface area (Å²) in [6.07, 6.45) is 1.64. The van der Waals surface area contributed by atoms with Gasteiger partial charge in [0, 0.05) is 6.54 Å². The lowest BCUT2D eigenvalue weighted by molar-refractivity contribution is 0.241. The van der Waals surface area contributed by atoms with Gasteiger partial charge in [0.1, 0.15) is 12.1 Å². The standard InChI is InChI=1S/C12H15BrN4O/c1-8(2)18-11-4-3-9(5-10(11)13)6-14-12-15-7-16-17-12/h3-5,7-8H,6H2,1-2H3,(H2,14,15,16,17). The van der Waals surface area contributed by atoms with Gasteiger partial charge in [-0.1, -0.05) is 6.07 Å². The Bertz CT molecular complexity index is 499. The second-order valence-corrected chi connectivity index (χ2v) is 4.97. The molecule has 0 aliphatic carbocycles. The Morgan fingerprint density at radius 3 is 2.89 bits per heavy atom. The number of nitrogens with zero attached hydrogens (tertiary/aromatic N) is 2. The molecule has 0 atom stereocenters. The second-order valence-electron chi connectivity index (χ2n) is 4.12. The summed E-state index contributed by atoms with van der Waals surface area (Å²) >= 11 is 3.51. The molecular formula is C12H15BrN4O. The molecule has 0 bridgehead atoms. The van der Waals surface area contributed by atoms with Crippen LogP contribution in [0, 0.1) is 0 Å². The number of H-pyrrole nitrogens is 1. The Labute approximate surface area is 114 Å². The average molecular weight is 311 g/mol. The number of aromatic nitrogens is 3. The lowest BCUT2D eigenvalue weighted by Gasteiger charge is -2.12. The second kappa shape index (κ2) is 5.86. The fraction of sp³-hybridized carbons (Fsp3) is 0.333. The van der Waals surface area contributed by atoms with E-state index in [2.05, 4.69) is 36.4 Å². The molecule has 0 radical (unpaired) electrons. The van der Waals surface area contributed by atoms with E-state index in [9.17, 15) is 0 Å². The lowest BCUT2D eigenvalue weighted by Crippen LogP contribution is -2.06. The molecule has 1 heterocycles. The highest BCUT2D eigenvalue weighted by Crippen LogP contribution is 2.27. The number of rotatable bonds is 5. The molecule has 6 heteroatoms. The Kier molecular flexibility index (Phi) is 4.19. The number of aromatic amines is 1. The number of benzene rings is 1. The first-order chi connectivity index (χ1) is 8.65. The van der Waals surface area contributed by atoms with Crippen molar-refractivity contribution in [3.05, 3.63) is 34.6 Å².